The molecule has 0 fully saturated rings. The van der Waals surface area contributed by atoms with E-state index in [0.717, 1.165) is 12.8 Å². The molecule has 0 aliphatic heterocycles. The zero-order valence-electron chi connectivity index (χ0n) is 10.6. The average Bonchev–Trinajstić information content (AvgIpc) is 2.35. The van der Waals surface area contributed by atoms with E-state index in [1.165, 1.54) is 0 Å². The van der Waals surface area contributed by atoms with Gasteiger partial charge in [0.2, 0.25) is 0 Å². The molecule has 0 spiro atoms. The third-order valence-electron chi connectivity index (χ3n) is 2.24. The van der Waals surface area contributed by atoms with Gasteiger partial charge in [0.05, 0.1) is 13.2 Å². The van der Waals surface area contributed by atoms with Gasteiger partial charge in [-0.3, -0.25) is 0 Å². The second-order valence-electron chi connectivity index (χ2n) is 3.71. The van der Waals surface area contributed by atoms with Crippen molar-refractivity contribution in [1.29, 1.82) is 0 Å². The summed E-state index contributed by atoms with van der Waals surface area (Å²) in [5.41, 5.74) is 6.53. The second-order valence-corrected chi connectivity index (χ2v) is 3.71. The van der Waals surface area contributed by atoms with Gasteiger partial charge < -0.3 is 19.9 Å². The Morgan fingerprint density at radius 1 is 1.06 bits per heavy atom. The number of hydrogen-bond donors (Lipinski definition) is 1. The fraction of sp³-hybridized carbons (Fsp3) is 0.538. The van der Waals surface area contributed by atoms with Crippen LogP contribution in [0.3, 0.4) is 0 Å². The number of ether oxygens (including phenoxy) is 3. The van der Waals surface area contributed by atoms with Crippen LogP contribution in [0, 0.1) is 0 Å². The van der Waals surface area contributed by atoms with Gasteiger partial charge in [0.15, 0.2) is 0 Å². The molecule has 0 saturated heterocycles. The molecular weight excluding hydrogens is 218 g/mol. The first-order valence-corrected chi connectivity index (χ1v) is 5.92. The number of anilines is 1. The lowest BCUT2D eigenvalue weighted by Crippen LogP contribution is -2.05. The van der Waals surface area contributed by atoms with E-state index < -0.39 is 0 Å². The van der Waals surface area contributed by atoms with Gasteiger partial charge in [-0.05, 0) is 18.6 Å². The Hall–Kier alpha value is -1.42. The normalized spacial score (nSPS) is 10.2. The number of rotatable bonds is 8. The third-order valence-corrected chi connectivity index (χ3v) is 2.24. The van der Waals surface area contributed by atoms with Crippen molar-refractivity contribution in [2.75, 3.05) is 32.7 Å². The SMILES string of the molecule is CCCOc1cccc(OCCCOC)c1N. The molecule has 1 aromatic rings. The van der Waals surface area contributed by atoms with Crippen molar-refractivity contribution in [3.05, 3.63) is 18.2 Å². The van der Waals surface area contributed by atoms with Gasteiger partial charge in [0.1, 0.15) is 17.2 Å². The van der Waals surface area contributed by atoms with Crippen LogP contribution < -0.4 is 15.2 Å². The van der Waals surface area contributed by atoms with Gasteiger partial charge in [-0.2, -0.15) is 0 Å². The number of para-hydroxylation sites is 1. The summed E-state index contributed by atoms with van der Waals surface area (Å²) in [6, 6.07) is 5.58. The van der Waals surface area contributed by atoms with Crippen molar-refractivity contribution in [1.82, 2.24) is 0 Å². The molecule has 0 unspecified atom stereocenters. The van der Waals surface area contributed by atoms with E-state index in [1.807, 2.05) is 18.2 Å². The molecule has 1 rings (SSSR count). The largest absolute Gasteiger partial charge is 0.491 e. The summed E-state index contributed by atoms with van der Waals surface area (Å²) in [6.07, 6.45) is 1.80. The number of nitrogens with two attached hydrogens (primary N) is 1. The molecule has 96 valence electrons. The van der Waals surface area contributed by atoms with Crippen LogP contribution in [0.5, 0.6) is 11.5 Å². The van der Waals surface area contributed by atoms with E-state index >= 15 is 0 Å². The van der Waals surface area contributed by atoms with Crippen LogP contribution >= 0.6 is 0 Å². The monoisotopic (exact) mass is 239 g/mol. The van der Waals surface area contributed by atoms with Gasteiger partial charge in [0, 0.05) is 20.1 Å². The first-order valence-electron chi connectivity index (χ1n) is 5.92. The quantitative estimate of drug-likeness (QED) is 0.559. The maximum Gasteiger partial charge on any atom is 0.146 e. The minimum Gasteiger partial charge on any atom is -0.491 e. The molecule has 0 aliphatic rings. The van der Waals surface area contributed by atoms with Crippen LogP contribution in [0.15, 0.2) is 18.2 Å². The van der Waals surface area contributed by atoms with Crippen molar-refractivity contribution in [2.45, 2.75) is 19.8 Å². The summed E-state index contributed by atoms with van der Waals surface area (Å²) in [5.74, 6) is 1.37. The van der Waals surface area contributed by atoms with Crippen molar-refractivity contribution in [3.63, 3.8) is 0 Å². The van der Waals surface area contributed by atoms with Crippen LogP contribution in [0.25, 0.3) is 0 Å². The maximum atomic E-state index is 5.96. The molecule has 1 aromatic carbocycles. The number of hydrogen-bond acceptors (Lipinski definition) is 4. The molecular formula is C13H21NO3. The summed E-state index contributed by atoms with van der Waals surface area (Å²) in [4.78, 5) is 0. The van der Waals surface area contributed by atoms with Gasteiger partial charge in [-0.15, -0.1) is 0 Å². The Bertz CT molecular complexity index is 328. The summed E-state index contributed by atoms with van der Waals surface area (Å²) in [6.45, 7) is 4.00. The first-order chi connectivity index (χ1) is 8.29. The van der Waals surface area contributed by atoms with Crippen molar-refractivity contribution < 1.29 is 14.2 Å². The Balaban J connectivity index is 2.53. The minimum absolute atomic E-state index is 0.568. The molecule has 0 saturated carbocycles. The molecule has 0 bridgehead atoms. The van der Waals surface area contributed by atoms with Gasteiger partial charge in [-0.25, -0.2) is 0 Å². The second kappa shape index (κ2) is 7.79. The van der Waals surface area contributed by atoms with Crippen molar-refractivity contribution in [3.8, 4) is 11.5 Å². The maximum absolute atomic E-state index is 5.96. The summed E-state index contributed by atoms with van der Waals surface area (Å²) < 4.78 is 16.0. The van der Waals surface area contributed by atoms with E-state index in [4.69, 9.17) is 19.9 Å². The van der Waals surface area contributed by atoms with E-state index in [2.05, 4.69) is 6.92 Å². The number of methoxy groups -OCH3 is 1. The smallest absolute Gasteiger partial charge is 0.146 e. The molecule has 4 heteroatoms. The highest BCUT2D eigenvalue weighted by Crippen LogP contribution is 2.31. The molecule has 0 amide bonds. The molecule has 17 heavy (non-hydrogen) atoms. The molecule has 0 aromatic heterocycles. The van der Waals surface area contributed by atoms with Crippen LogP contribution in [0.4, 0.5) is 5.69 Å². The van der Waals surface area contributed by atoms with E-state index in [0.29, 0.717) is 37.0 Å². The Labute approximate surface area is 103 Å². The highest BCUT2D eigenvalue weighted by atomic mass is 16.5. The Morgan fingerprint density at radius 3 is 2.29 bits per heavy atom. The fourth-order valence-corrected chi connectivity index (χ4v) is 1.37. The van der Waals surface area contributed by atoms with Crippen LogP contribution in [0.1, 0.15) is 19.8 Å². The predicted molar refractivity (Wildman–Crippen MR) is 68.6 cm³/mol. The Morgan fingerprint density at radius 2 is 1.71 bits per heavy atom. The van der Waals surface area contributed by atoms with Gasteiger partial charge in [0.25, 0.3) is 0 Å². The summed E-state index contributed by atoms with van der Waals surface area (Å²) >= 11 is 0. The minimum atomic E-state index is 0.568. The highest BCUT2D eigenvalue weighted by molar-refractivity contribution is 5.62. The molecule has 4 nitrogen and oxygen atoms in total. The highest BCUT2D eigenvalue weighted by Gasteiger charge is 2.06. The Kier molecular flexibility index (Phi) is 6.25. The van der Waals surface area contributed by atoms with E-state index in [1.54, 1.807) is 7.11 Å². The van der Waals surface area contributed by atoms with E-state index in [9.17, 15) is 0 Å². The topological polar surface area (TPSA) is 53.7 Å². The number of benzene rings is 1. The third kappa shape index (κ3) is 4.53. The molecule has 0 aliphatic carbocycles. The van der Waals surface area contributed by atoms with Crippen LogP contribution in [-0.2, 0) is 4.74 Å². The lowest BCUT2D eigenvalue weighted by Gasteiger charge is -2.12. The summed E-state index contributed by atoms with van der Waals surface area (Å²) in [5, 5.41) is 0. The zero-order chi connectivity index (χ0) is 12.5. The average molecular weight is 239 g/mol. The molecule has 0 atom stereocenters. The standard InChI is InChI=1S/C13H21NO3/c1-3-8-16-11-6-4-7-12(13(11)14)17-10-5-9-15-2/h4,6-7H,3,5,8-10,14H2,1-2H3. The predicted octanol–water partition coefficient (Wildman–Crippen LogP) is 2.47. The fourth-order valence-electron chi connectivity index (χ4n) is 1.37. The van der Waals surface area contributed by atoms with Crippen molar-refractivity contribution >= 4 is 5.69 Å². The number of nitrogen functional groups attached to an aromatic ring is 1. The lowest BCUT2D eigenvalue weighted by molar-refractivity contribution is 0.172. The molecule has 0 heterocycles. The van der Waals surface area contributed by atoms with E-state index in [-0.39, 0.29) is 0 Å². The van der Waals surface area contributed by atoms with Gasteiger partial charge >= 0.3 is 0 Å². The van der Waals surface area contributed by atoms with Crippen LogP contribution in [-0.4, -0.2) is 26.9 Å². The molecule has 2 N–H and O–H groups in total. The van der Waals surface area contributed by atoms with Gasteiger partial charge in [-0.1, -0.05) is 13.0 Å². The van der Waals surface area contributed by atoms with Crippen molar-refractivity contribution in [2.24, 2.45) is 0 Å². The molecule has 0 radical (unpaired) electrons. The van der Waals surface area contributed by atoms with Crippen LogP contribution in [0.2, 0.25) is 0 Å². The first kappa shape index (κ1) is 13.6. The lowest BCUT2D eigenvalue weighted by atomic mass is 10.2. The summed E-state index contributed by atoms with van der Waals surface area (Å²) in [7, 11) is 1.67. The zero-order valence-corrected chi connectivity index (χ0v) is 10.6.